The topological polar surface area (TPSA) is 424 Å². The number of fused-ring (bicyclic) bond motifs is 2. The number of hydrogen-bond acceptors (Lipinski definition) is 20. The Labute approximate surface area is 747 Å². The van der Waals surface area contributed by atoms with Crippen molar-refractivity contribution in [3.05, 3.63) is 193 Å². The zero-order chi connectivity index (χ0) is 94.2. The van der Waals surface area contributed by atoms with Crippen molar-refractivity contribution in [2.45, 2.75) is 226 Å². The first-order valence-corrected chi connectivity index (χ1v) is 44.5. The molecule has 12 atom stereocenters. The van der Waals surface area contributed by atoms with Gasteiger partial charge in [0.25, 0.3) is 5.91 Å². The van der Waals surface area contributed by atoms with Crippen molar-refractivity contribution in [1.82, 2.24) is 71.2 Å². The third-order valence-corrected chi connectivity index (χ3v) is 22.7. The molecule has 2 fully saturated rings. The molecule has 128 heavy (non-hydrogen) atoms. The lowest BCUT2D eigenvalue weighted by Crippen LogP contribution is -2.61. The van der Waals surface area contributed by atoms with Gasteiger partial charge in [-0.05, 0) is 153 Å². The van der Waals surface area contributed by atoms with E-state index in [1.54, 1.807) is 162 Å². The molecule has 2 saturated heterocycles. The molecule has 6 aromatic carbocycles. The van der Waals surface area contributed by atoms with E-state index in [9.17, 15) is 47.1 Å². The summed E-state index contributed by atoms with van der Waals surface area (Å²) < 4.78 is 52.0. The van der Waals surface area contributed by atoms with Gasteiger partial charge in [-0.2, -0.15) is 0 Å². The molecule has 0 aliphatic carbocycles. The number of ether oxygens (including phenoxy) is 4. The van der Waals surface area contributed by atoms with Gasteiger partial charge in [0, 0.05) is 59.3 Å². The van der Waals surface area contributed by atoms with Gasteiger partial charge in [-0.3, -0.25) is 57.7 Å². The van der Waals surface area contributed by atoms with E-state index in [2.05, 4.69) is 55.4 Å². The van der Waals surface area contributed by atoms with Crippen molar-refractivity contribution >= 4 is 103 Å². The van der Waals surface area contributed by atoms with Crippen molar-refractivity contribution in [3.8, 4) is 11.5 Å². The summed E-state index contributed by atoms with van der Waals surface area (Å²) in [5, 5.41) is 39.7. The van der Waals surface area contributed by atoms with Gasteiger partial charge in [0.15, 0.2) is 0 Å². The number of allylic oxidation sites excluding steroid dienone is 1. The number of nitrogens with one attached hydrogen (secondary N) is 7. The molecular formula is C94H122N14O19S. The number of carbonyl (C=O) groups is 12. The van der Waals surface area contributed by atoms with Crippen LogP contribution in [0.15, 0.2) is 165 Å². The van der Waals surface area contributed by atoms with Crippen LogP contribution in [-0.4, -0.2) is 231 Å². The number of amides is 11. The molecule has 8 N–H and O–H groups in total. The predicted octanol–water partition coefficient (Wildman–Crippen LogP) is 8.61. The van der Waals surface area contributed by atoms with Crippen LogP contribution in [0, 0.1) is 16.7 Å². The number of hydrogen-bond donors (Lipinski definition) is 8. The number of carbonyl (C=O) groups excluding carboxylic acids is 11. The van der Waals surface area contributed by atoms with Gasteiger partial charge >= 0.3 is 18.2 Å². The Morgan fingerprint density at radius 1 is 0.508 bits per heavy atom. The monoisotopic (exact) mass is 1780 g/mol. The lowest BCUT2D eigenvalue weighted by atomic mass is 9.85. The number of benzene rings is 6. The lowest BCUT2D eigenvalue weighted by molar-refractivity contribution is -0.145. The molecule has 2 aliphatic heterocycles. The van der Waals surface area contributed by atoms with Crippen LogP contribution in [0.2, 0.25) is 0 Å². The first-order chi connectivity index (χ1) is 60.0. The summed E-state index contributed by atoms with van der Waals surface area (Å²) in [7, 11) is -1.46. The van der Waals surface area contributed by atoms with Crippen molar-refractivity contribution < 1.29 is 90.0 Å². The number of rotatable bonds is 36. The quantitative estimate of drug-likeness (QED) is 0.0170. The third kappa shape index (κ3) is 27.6. The first kappa shape index (κ1) is 99.0. The van der Waals surface area contributed by atoms with E-state index >= 15 is 24.0 Å². The predicted molar refractivity (Wildman–Crippen MR) is 481 cm³/mol. The lowest BCUT2D eigenvalue weighted by Gasteiger charge is -2.37. The van der Waals surface area contributed by atoms with Crippen LogP contribution < -0.4 is 46.1 Å². The largest absolute Gasteiger partial charge is 0.490 e. The summed E-state index contributed by atoms with van der Waals surface area (Å²) in [6.45, 7) is 30.9. The second-order valence-corrected chi connectivity index (χ2v) is 38.8. The molecule has 11 amide bonds. The van der Waals surface area contributed by atoms with Gasteiger partial charge in [0.2, 0.25) is 57.3 Å². The number of nitrogens with zero attached hydrogens (tertiary/aromatic N) is 7. The van der Waals surface area contributed by atoms with Crippen LogP contribution in [-0.2, 0) is 99.7 Å². The zero-order valence-corrected chi connectivity index (χ0v) is 76.7. The van der Waals surface area contributed by atoms with E-state index in [0.717, 1.165) is 37.6 Å². The molecule has 3 heterocycles. The summed E-state index contributed by atoms with van der Waals surface area (Å²) in [4.78, 5) is 178. The summed E-state index contributed by atoms with van der Waals surface area (Å²) in [6.07, 6.45) is 3.65. The number of aromatic nitrogens is 3. The van der Waals surface area contributed by atoms with Crippen LogP contribution in [0.25, 0.3) is 21.5 Å². The van der Waals surface area contributed by atoms with Crippen LogP contribution in [0.3, 0.4) is 0 Å². The van der Waals surface area contributed by atoms with E-state index in [4.69, 9.17) is 18.9 Å². The Hall–Kier alpha value is -12.7. The molecule has 2 aliphatic rings. The van der Waals surface area contributed by atoms with E-state index in [0.29, 0.717) is 34.4 Å². The molecule has 0 bridgehead atoms. The van der Waals surface area contributed by atoms with Crippen LogP contribution in [0.4, 0.5) is 9.59 Å². The molecule has 0 spiro atoms. The van der Waals surface area contributed by atoms with Crippen molar-refractivity contribution in [2.24, 2.45) is 16.7 Å². The molecule has 0 saturated carbocycles. The fourth-order valence-electron chi connectivity index (χ4n) is 15.0. The first-order valence-electron chi connectivity index (χ1n) is 42.6. The SMILES string of the molecule is C=CCOc1ccc(C[C@H](NC(=O)[C@H](Cc2ccc3ccccc3c2)NC(=O)[C@@H]2C[C@H](n3cc(COc4ccc(C[C@H](NC(=O)[C@H](Cc5ccc6ccccc6c5)NC(=O)[C@@H]5C[C@H](CC=C)CN5C(=O)[C@@H](NC(=O)[C@H](C)N(C)C(=O)OC(C)(C)C)C(C)(C)C)C(=O)NS(C)(=O)=O)cc4)nn3)CN2C(=O)[C@@H](NC(=O)[C@H](C)N(C)C(=O)OC(C)(C)C)C(C)(C)C)C(=O)O)cc1. The maximum absolute atomic E-state index is 15.6. The second-order valence-electron chi connectivity index (χ2n) is 37.0. The minimum Gasteiger partial charge on any atom is -0.490 e. The molecule has 7 aromatic rings. The maximum atomic E-state index is 15.6. The van der Waals surface area contributed by atoms with Gasteiger partial charge in [-0.25, -0.2) is 27.5 Å². The Balaban J connectivity index is 0.959. The van der Waals surface area contributed by atoms with Crippen molar-refractivity contribution in [2.75, 3.05) is 40.0 Å². The fraction of sp³-hybridized carbons (Fsp3) is 0.468. The summed E-state index contributed by atoms with van der Waals surface area (Å²) in [5.74, 6) is -7.94. The highest BCUT2D eigenvalue weighted by molar-refractivity contribution is 7.89. The van der Waals surface area contributed by atoms with E-state index in [1.807, 2.05) is 77.5 Å². The van der Waals surface area contributed by atoms with Gasteiger partial charge in [0.1, 0.15) is 102 Å². The number of likely N-dealkylation sites (tertiary alicyclic amines) is 2. The Kier molecular flexibility index (Phi) is 32.7. The minimum absolute atomic E-state index is 0.0642. The van der Waals surface area contributed by atoms with Gasteiger partial charge in [0.05, 0.1) is 18.5 Å². The number of likely N-dealkylation sites (N-methyl/N-ethyl adjacent to an activating group) is 2. The smallest absolute Gasteiger partial charge is 0.410 e. The molecule has 9 rings (SSSR count). The highest BCUT2D eigenvalue weighted by Crippen LogP contribution is 2.35. The summed E-state index contributed by atoms with van der Waals surface area (Å²) in [5.41, 5.74) is -1.37. The normalized spacial score (nSPS) is 17.3. The van der Waals surface area contributed by atoms with Gasteiger partial charge in [-0.1, -0.05) is 175 Å². The second kappa shape index (κ2) is 42.2. The van der Waals surface area contributed by atoms with Crippen molar-refractivity contribution in [3.63, 3.8) is 0 Å². The Morgan fingerprint density at radius 3 is 1.34 bits per heavy atom. The number of aliphatic carboxylic acids is 1. The molecule has 0 radical (unpaired) electrons. The zero-order valence-electron chi connectivity index (χ0n) is 75.9. The Morgan fingerprint density at radius 2 is 0.914 bits per heavy atom. The van der Waals surface area contributed by atoms with Crippen LogP contribution in [0.5, 0.6) is 11.5 Å². The summed E-state index contributed by atoms with van der Waals surface area (Å²) in [6, 6.07) is 24.7. The molecule has 688 valence electrons. The molecule has 34 heteroatoms. The van der Waals surface area contributed by atoms with E-state index < -0.39 is 170 Å². The molecule has 33 nitrogen and oxygen atoms in total. The van der Waals surface area contributed by atoms with E-state index in [1.165, 1.54) is 42.4 Å². The highest BCUT2D eigenvalue weighted by atomic mass is 32.2. The fourth-order valence-corrected chi connectivity index (χ4v) is 15.5. The maximum Gasteiger partial charge on any atom is 0.410 e. The number of carboxylic acid groups (broad SMARTS) is 1. The average molecular weight is 1780 g/mol. The number of sulfonamides is 1. The third-order valence-electron chi connectivity index (χ3n) is 22.1. The molecular weight excluding hydrogens is 1660 g/mol. The van der Waals surface area contributed by atoms with Crippen molar-refractivity contribution in [1.29, 1.82) is 0 Å². The Bertz CT molecular complexity index is 5340. The van der Waals surface area contributed by atoms with Gasteiger partial charge in [-0.15, -0.1) is 11.7 Å². The number of carboxylic acids is 1. The minimum atomic E-state index is -4.25. The highest BCUT2D eigenvalue weighted by Gasteiger charge is 2.49. The standard InChI is InChI=1S/C94H122N14O19S/c1-20-26-62-50-75(106(52-62)86(116)77(91(5,6)7)99-79(109)56(3)104(17)89(120)126-93(11,12)13)84(114)96-71(48-60-31-37-63-27-22-24-29-65(63)44-60)81(111)95-73(83(113)102-128(19,122)123)46-58-35-41-70(42-36-58)125-55-67-53-108(103-101-67)68-51-76(107(54-68)87(117)78(92(8,9)10)100-80(110)57(4)105(18)90(121)127-94(14,15)16)85(115)97-72(49-61-32-38-64-28-23-25-30-66(64)45-61)82(112)98-74(88(118)119)47-59-33-39-69(40-34-59)124-43-21-2/h20-25,27-42,44-45,53,56-57,62,68,71-78H,1-2,26,43,46-52,54-55H2,3-19H3,(H,95,111)(H,96,114)(H,97,115)(H,98,112)(H,99,109)(H,100,110)(H,102,113)(H,118,119)/t56-,57-,62-,68-,71-,72-,73-,74-,75-,76-,77+,78+/m0/s1. The van der Waals surface area contributed by atoms with Gasteiger partial charge < -0.3 is 65.8 Å². The molecule has 1 aromatic heterocycles. The van der Waals surface area contributed by atoms with E-state index in [-0.39, 0.29) is 82.2 Å². The van der Waals surface area contributed by atoms with Crippen LogP contribution >= 0.6 is 0 Å². The summed E-state index contributed by atoms with van der Waals surface area (Å²) >= 11 is 0. The average Bonchev–Trinajstić information content (AvgIpc) is 1.62. The van der Waals surface area contributed by atoms with Crippen LogP contribution in [0.1, 0.15) is 150 Å². The molecule has 0 unspecified atom stereocenters.